The van der Waals surface area contributed by atoms with Gasteiger partial charge in [0.15, 0.2) is 0 Å². The van der Waals surface area contributed by atoms with Gasteiger partial charge in [0.2, 0.25) is 0 Å². The van der Waals surface area contributed by atoms with Gasteiger partial charge in [0, 0.05) is 23.9 Å². The Morgan fingerprint density at radius 1 is 0.733 bits per heavy atom. The van der Waals surface area contributed by atoms with Crippen molar-refractivity contribution in [2.75, 3.05) is 0 Å². The van der Waals surface area contributed by atoms with E-state index in [1.807, 2.05) is 6.08 Å². The molecule has 0 heterocycles. The largest absolute Gasteiger partial charge is 0.103 e. The van der Waals surface area contributed by atoms with Crippen LogP contribution in [0.25, 0.3) is 0 Å². The molecule has 0 aromatic heterocycles. The average molecular weight is 315 g/mol. The molecule has 0 saturated carbocycles. The maximum absolute atomic E-state index is 3.74. The Morgan fingerprint density at radius 2 is 1.13 bits per heavy atom. The molecule has 0 bridgehead atoms. The van der Waals surface area contributed by atoms with Crippen molar-refractivity contribution in [3.05, 3.63) is 12.7 Å². The van der Waals surface area contributed by atoms with Gasteiger partial charge in [0.1, 0.15) is 0 Å². The summed E-state index contributed by atoms with van der Waals surface area (Å²) in [7, 11) is 0. The molecule has 0 aliphatic rings. The van der Waals surface area contributed by atoms with Crippen LogP contribution in [0, 0.1) is 0 Å². The second kappa shape index (κ2) is 17.0. The van der Waals surface area contributed by atoms with Gasteiger partial charge in [0.05, 0.1) is 0 Å². The summed E-state index contributed by atoms with van der Waals surface area (Å²) in [5.41, 5.74) is 0. The second-order valence-electron chi connectivity index (χ2n) is 4.26. The van der Waals surface area contributed by atoms with Gasteiger partial charge in [0.25, 0.3) is 0 Å². The zero-order valence-corrected chi connectivity index (χ0v) is 13.4. The van der Waals surface area contributed by atoms with E-state index < -0.39 is 0 Å². The van der Waals surface area contributed by atoms with E-state index in [9.17, 15) is 0 Å². The number of hydrogen-bond acceptors (Lipinski definition) is 0. The number of allylic oxidation sites excluding steroid dienone is 1. The van der Waals surface area contributed by atoms with Crippen molar-refractivity contribution >= 4 is 23.9 Å². The standard InChI is InChI=1S/C14H28.Sn/c1-3-5-7-9-11-13-14-12-10-8-6-4-2;/h3H,1,4-14H2,2H3;. The minimum Gasteiger partial charge on any atom is -0.103 e. The average Bonchev–Trinajstić information content (AvgIpc) is 2.21. The number of hydrogen-bond donors (Lipinski definition) is 0. The Kier molecular flexibility index (Phi) is 20.2. The van der Waals surface area contributed by atoms with Gasteiger partial charge in [-0.05, 0) is 12.8 Å². The molecule has 0 atom stereocenters. The third-order valence-electron chi connectivity index (χ3n) is 2.76. The molecule has 15 heavy (non-hydrogen) atoms. The van der Waals surface area contributed by atoms with E-state index in [1.165, 1.54) is 70.6 Å². The van der Waals surface area contributed by atoms with Crippen molar-refractivity contribution in [3.8, 4) is 0 Å². The van der Waals surface area contributed by atoms with Gasteiger partial charge in [-0.25, -0.2) is 0 Å². The third-order valence-corrected chi connectivity index (χ3v) is 2.76. The Hall–Kier alpha value is 0.539. The van der Waals surface area contributed by atoms with E-state index in [1.54, 1.807) is 0 Å². The molecule has 0 fully saturated rings. The fourth-order valence-corrected chi connectivity index (χ4v) is 1.78. The van der Waals surface area contributed by atoms with E-state index in [2.05, 4.69) is 13.5 Å². The monoisotopic (exact) mass is 316 g/mol. The van der Waals surface area contributed by atoms with Crippen LogP contribution in [-0.4, -0.2) is 23.9 Å². The Labute approximate surface area is 114 Å². The van der Waals surface area contributed by atoms with Gasteiger partial charge >= 0.3 is 0 Å². The van der Waals surface area contributed by atoms with Crippen LogP contribution in [0.4, 0.5) is 0 Å². The summed E-state index contributed by atoms with van der Waals surface area (Å²) in [6.07, 6.45) is 17.5. The SMILES string of the molecule is C=CCCCCCCCCCCCC.[Sn]. The van der Waals surface area contributed by atoms with Crippen molar-refractivity contribution in [3.63, 3.8) is 0 Å². The second-order valence-corrected chi connectivity index (χ2v) is 4.26. The Balaban J connectivity index is 0. The summed E-state index contributed by atoms with van der Waals surface area (Å²) in [5.74, 6) is 0. The third kappa shape index (κ3) is 17.2. The minimum absolute atomic E-state index is 0. The summed E-state index contributed by atoms with van der Waals surface area (Å²) >= 11 is 0. The summed E-state index contributed by atoms with van der Waals surface area (Å²) < 4.78 is 0. The van der Waals surface area contributed by atoms with Crippen LogP contribution >= 0.6 is 0 Å². The summed E-state index contributed by atoms with van der Waals surface area (Å²) in [4.78, 5) is 0. The van der Waals surface area contributed by atoms with E-state index in [4.69, 9.17) is 0 Å². The fraction of sp³-hybridized carbons (Fsp3) is 0.857. The van der Waals surface area contributed by atoms with E-state index in [0.717, 1.165) is 0 Å². The van der Waals surface area contributed by atoms with Crippen molar-refractivity contribution in [1.82, 2.24) is 0 Å². The van der Waals surface area contributed by atoms with Crippen molar-refractivity contribution in [2.45, 2.75) is 77.6 Å². The van der Waals surface area contributed by atoms with Crippen LogP contribution in [-0.2, 0) is 0 Å². The predicted octanol–water partition coefficient (Wildman–Crippen LogP) is 5.10. The molecule has 0 unspecified atom stereocenters. The maximum atomic E-state index is 3.74. The van der Waals surface area contributed by atoms with Crippen LogP contribution in [0.3, 0.4) is 0 Å². The molecule has 0 nitrogen and oxygen atoms in total. The van der Waals surface area contributed by atoms with E-state index in [0.29, 0.717) is 0 Å². The van der Waals surface area contributed by atoms with Gasteiger partial charge in [-0.3, -0.25) is 0 Å². The first-order chi connectivity index (χ1) is 6.91. The zero-order chi connectivity index (χ0) is 10.5. The molecule has 0 spiro atoms. The van der Waals surface area contributed by atoms with Gasteiger partial charge < -0.3 is 0 Å². The first-order valence-electron chi connectivity index (χ1n) is 6.52. The fourth-order valence-electron chi connectivity index (χ4n) is 1.78. The van der Waals surface area contributed by atoms with E-state index in [-0.39, 0.29) is 23.9 Å². The van der Waals surface area contributed by atoms with Gasteiger partial charge in [-0.1, -0.05) is 70.8 Å². The van der Waals surface area contributed by atoms with Crippen LogP contribution in [0.1, 0.15) is 77.6 Å². The molecule has 0 aromatic rings. The molecular weight excluding hydrogens is 287 g/mol. The van der Waals surface area contributed by atoms with Crippen LogP contribution < -0.4 is 0 Å². The number of rotatable bonds is 11. The van der Waals surface area contributed by atoms with Gasteiger partial charge in [-0.15, -0.1) is 6.58 Å². The smallest absolute Gasteiger partial charge is 0 e. The van der Waals surface area contributed by atoms with E-state index >= 15 is 0 Å². The normalized spacial score (nSPS) is 9.67. The first kappa shape index (κ1) is 17.9. The molecule has 0 aliphatic carbocycles. The molecule has 0 N–H and O–H groups in total. The maximum Gasteiger partial charge on any atom is 0 e. The predicted molar refractivity (Wildman–Crippen MR) is 72.4 cm³/mol. The topological polar surface area (TPSA) is 0 Å². The van der Waals surface area contributed by atoms with Crippen molar-refractivity contribution in [1.29, 1.82) is 0 Å². The van der Waals surface area contributed by atoms with Crippen LogP contribution in [0.15, 0.2) is 12.7 Å². The molecular formula is C14H28Sn. The van der Waals surface area contributed by atoms with Crippen LogP contribution in [0.5, 0.6) is 0 Å². The first-order valence-corrected chi connectivity index (χ1v) is 6.52. The molecule has 0 amide bonds. The van der Waals surface area contributed by atoms with Crippen molar-refractivity contribution in [2.24, 2.45) is 0 Å². The molecule has 88 valence electrons. The summed E-state index contributed by atoms with van der Waals surface area (Å²) in [6.45, 7) is 6.01. The Bertz CT molecular complexity index is 110. The molecule has 1 heteroatoms. The molecule has 4 radical (unpaired) electrons. The minimum atomic E-state index is 0. The molecule has 0 rings (SSSR count). The molecule has 0 aliphatic heterocycles. The van der Waals surface area contributed by atoms with Crippen molar-refractivity contribution < 1.29 is 0 Å². The number of unbranched alkanes of at least 4 members (excludes halogenated alkanes) is 10. The summed E-state index contributed by atoms with van der Waals surface area (Å²) in [6, 6.07) is 0. The Morgan fingerprint density at radius 3 is 1.53 bits per heavy atom. The summed E-state index contributed by atoms with van der Waals surface area (Å²) in [5, 5.41) is 0. The zero-order valence-electron chi connectivity index (χ0n) is 10.6. The van der Waals surface area contributed by atoms with Crippen LogP contribution in [0.2, 0.25) is 0 Å². The molecule has 0 saturated heterocycles. The molecule has 0 aromatic carbocycles. The quantitative estimate of drug-likeness (QED) is 0.283. The van der Waals surface area contributed by atoms with Gasteiger partial charge in [-0.2, -0.15) is 0 Å².